The number of hydrogen-bond acceptors (Lipinski definition) is 4. The molecule has 0 saturated carbocycles. The summed E-state index contributed by atoms with van der Waals surface area (Å²) in [5.74, 6) is 1.49. The number of amides is 2. The van der Waals surface area contributed by atoms with Gasteiger partial charge in [0.05, 0.1) is 11.7 Å². The van der Waals surface area contributed by atoms with Crippen molar-refractivity contribution >= 4 is 17.4 Å². The van der Waals surface area contributed by atoms with E-state index >= 15 is 0 Å². The predicted octanol–water partition coefficient (Wildman–Crippen LogP) is 4.72. The molecule has 5 nitrogen and oxygen atoms in total. The quantitative estimate of drug-likeness (QED) is 0.458. The number of imide groups is 1. The molecular formula is C25H36N2O3. The second-order valence-corrected chi connectivity index (χ2v) is 9.23. The van der Waals surface area contributed by atoms with Crippen LogP contribution in [-0.2, 0) is 9.59 Å². The number of piperidine rings is 1. The van der Waals surface area contributed by atoms with Crippen LogP contribution in [0.2, 0.25) is 0 Å². The highest BCUT2D eigenvalue weighted by Crippen LogP contribution is 2.35. The molecule has 164 valence electrons. The van der Waals surface area contributed by atoms with E-state index in [1.54, 1.807) is 0 Å². The first-order valence-corrected chi connectivity index (χ1v) is 11.4. The average molecular weight is 413 g/mol. The molecule has 2 amide bonds. The standard InChI is InChI=1S/C25H36N2O3/c1-6-7-8-13-27-24(28)22(20-9-11-21(12-10-20)30-17(2)3)23(25(27)29)26-15-18(4)14-19(5)16-26/h9-12,17-19H,6-8,13-16H2,1-5H3. The van der Waals surface area contributed by atoms with Gasteiger partial charge in [0.1, 0.15) is 11.4 Å². The van der Waals surface area contributed by atoms with Gasteiger partial charge in [-0.1, -0.05) is 45.7 Å². The van der Waals surface area contributed by atoms with Gasteiger partial charge in [-0.15, -0.1) is 0 Å². The van der Waals surface area contributed by atoms with Crippen molar-refractivity contribution in [2.24, 2.45) is 11.8 Å². The normalized spacial score (nSPS) is 22.5. The Hall–Kier alpha value is -2.30. The summed E-state index contributed by atoms with van der Waals surface area (Å²) in [5.41, 5.74) is 1.93. The van der Waals surface area contributed by atoms with Crippen molar-refractivity contribution in [1.82, 2.24) is 9.80 Å². The molecule has 0 N–H and O–H groups in total. The molecule has 2 aliphatic heterocycles. The fourth-order valence-electron chi connectivity index (χ4n) is 4.66. The number of carbonyl (C=O) groups is 2. The number of likely N-dealkylation sites (tertiary alicyclic amines) is 1. The summed E-state index contributed by atoms with van der Waals surface area (Å²) in [4.78, 5) is 30.4. The van der Waals surface area contributed by atoms with Crippen molar-refractivity contribution in [2.75, 3.05) is 19.6 Å². The van der Waals surface area contributed by atoms with Crippen LogP contribution in [0.1, 0.15) is 65.9 Å². The maximum Gasteiger partial charge on any atom is 0.277 e. The van der Waals surface area contributed by atoms with Crippen molar-refractivity contribution in [3.05, 3.63) is 35.5 Å². The molecule has 0 spiro atoms. The van der Waals surface area contributed by atoms with E-state index in [2.05, 4.69) is 25.7 Å². The zero-order chi connectivity index (χ0) is 21.8. The van der Waals surface area contributed by atoms with Crippen molar-refractivity contribution in [3.8, 4) is 5.75 Å². The predicted molar refractivity (Wildman–Crippen MR) is 120 cm³/mol. The summed E-state index contributed by atoms with van der Waals surface area (Å²) in [6.07, 6.45) is 4.17. The molecule has 2 heterocycles. The van der Waals surface area contributed by atoms with Crippen LogP contribution < -0.4 is 4.74 Å². The molecule has 30 heavy (non-hydrogen) atoms. The van der Waals surface area contributed by atoms with Crippen LogP contribution in [0, 0.1) is 11.8 Å². The summed E-state index contributed by atoms with van der Waals surface area (Å²) in [7, 11) is 0. The summed E-state index contributed by atoms with van der Waals surface area (Å²) in [6, 6.07) is 7.59. The van der Waals surface area contributed by atoms with E-state index in [1.807, 2.05) is 38.1 Å². The van der Waals surface area contributed by atoms with Crippen LogP contribution in [0.4, 0.5) is 0 Å². The van der Waals surface area contributed by atoms with E-state index in [0.29, 0.717) is 29.7 Å². The number of rotatable bonds is 8. The van der Waals surface area contributed by atoms with Gasteiger partial charge in [0.25, 0.3) is 11.8 Å². The maximum atomic E-state index is 13.4. The number of ether oxygens (including phenoxy) is 1. The number of unbranched alkanes of at least 4 members (excludes halogenated alkanes) is 2. The van der Waals surface area contributed by atoms with E-state index in [4.69, 9.17) is 4.74 Å². The topological polar surface area (TPSA) is 49.9 Å². The highest BCUT2D eigenvalue weighted by Gasteiger charge is 2.42. The number of benzene rings is 1. The highest BCUT2D eigenvalue weighted by molar-refractivity contribution is 6.35. The van der Waals surface area contributed by atoms with E-state index in [-0.39, 0.29) is 17.9 Å². The van der Waals surface area contributed by atoms with Gasteiger partial charge in [0.15, 0.2) is 0 Å². The smallest absolute Gasteiger partial charge is 0.277 e. The Labute approximate surface area is 181 Å². The summed E-state index contributed by atoms with van der Waals surface area (Å²) < 4.78 is 5.75. The SMILES string of the molecule is CCCCCN1C(=O)C(c2ccc(OC(C)C)cc2)=C(N2CC(C)CC(C)C2)C1=O. The monoisotopic (exact) mass is 412 g/mol. The lowest BCUT2D eigenvalue weighted by Crippen LogP contribution is -2.42. The van der Waals surface area contributed by atoms with Gasteiger partial charge >= 0.3 is 0 Å². The Bertz CT molecular complexity index is 787. The number of carbonyl (C=O) groups excluding carboxylic acids is 2. The summed E-state index contributed by atoms with van der Waals surface area (Å²) in [5, 5.41) is 0. The summed E-state index contributed by atoms with van der Waals surface area (Å²) >= 11 is 0. The Morgan fingerprint density at radius 1 is 1.00 bits per heavy atom. The van der Waals surface area contributed by atoms with Crippen molar-refractivity contribution in [1.29, 1.82) is 0 Å². The fourth-order valence-corrected chi connectivity index (χ4v) is 4.66. The first-order valence-electron chi connectivity index (χ1n) is 11.4. The second kappa shape index (κ2) is 9.67. The van der Waals surface area contributed by atoms with Gasteiger partial charge in [-0.25, -0.2) is 0 Å². The van der Waals surface area contributed by atoms with E-state index in [1.165, 1.54) is 4.90 Å². The van der Waals surface area contributed by atoms with Crippen molar-refractivity contribution in [3.63, 3.8) is 0 Å². The third kappa shape index (κ3) is 4.88. The third-order valence-corrected chi connectivity index (χ3v) is 5.83. The van der Waals surface area contributed by atoms with Crippen LogP contribution in [0.25, 0.3) is 5.57 Å². The van der Waals surface area contributed by atoms with Crippen molar-refractivity contribution < 1.29 is 14.3 Å². The molecule has 5 heteroatoms. The van der Waals surface area contributed by atoms with Gasteiger partial charge in [-0.05, 0) is 56.2 Å². The second-order valence-electron chi connectivity index (χ2n) is 9.23. The molecule has 1 fully saturated rings. The lowest BCUT2D eigenvalue weighted by molar-refractivity contribution is -0.137. The lowest BCUT2D eigenvalue weighted by atomic mass is 9.91. The molecule has 1 saturated heterocycles. The molecule has 1 aromatic rings. The van der Waals surface area contributed by atoms with Crippen LogP contribution >= 0.6 is 0 Å². The van der Waals surface area contributed by atoms with Crippen LogP contribution in [0.3, 0.4) is 0 Å². The molecule has 2 aliphatic rings. The molecule has 0 radical (unpaired) electrons. The summed E-state index contributed by atoms with van der Waals surface area (Å²) in [6.45, 7) is 12.7. The minimum atomic E-state index is -0.158. The molecular weight excluding hydrogens is 376 g/mol. The first-order chi connectivity index (χ1) is 14.3. The Morgan fingerprint density at radius 3 is 2.20 bits per heavy atom. The molecule has 2 atom stereocenters. The van der Waals surface area contributed by atoms with E-state index in [9.17, 15) is 9.59 Å². The molecule has 2 unspecified atom stereocenters. The lowest BCUT2D eigenvalue weighted by Gasteiger charge is -2.37. The third-order valence-electron chi connectivity index (χ3n) is 5.83. The van der Waals surface area contributed by atoms with Gasteiger partial charge in [-0.2, -0.15) is 0 Å². The molecule has 0 aromatic heterocycles. The Balaban J connectivity index is 1.97. The average Bonchev–Trinajstić information content (AvgIpc) is 2.92. The Kier molecular flexibility index (Phi) is 7.22. The first kappa shape index (κ1) is 22.4. The fraction of sp³-hybridized carbons (Fsp3) is 0.600. The van der Waals surface area contributed by atoms with Gasteiger partial charge in [-0.3, -0.25) is 14.5 Å². The van der Waals surface area contributed by atoms with Gasteiger partial charge in [0, 0.05) is 19.6 Å². The minimum absolute atomic E-state index is 0.0886. The number of hydrogen-bond donors (Lipinski definition) is 0. The zero-order valence-electron chi connectivity index (χ0n) is 19.1. The van der Waals surface area contributed by atoms with Crippen LogP contribution in [0.15, 0.2) is 30.0 Å². The zero-order valence-corrected chi connectivity index (χ0v) is 19.1. The largest absolute Gasteiger partial charge is 0.491 e. The molecule has 0 aliphatic carbocycles. The molecule has 3 rings (SSSR count). The van der Waals surface area contributed by atoms with Crippen molar-refractivity contribution in [2.45, 2.75) is 66.4 Å². The Morgan fingerprint density at radius 2 is 1.63 bits per heavy atom. The van der Waals surface area contributed by atoms with Gasteiger partial charge < -0.3 is 9.64 Å². The maximum absolute atomic E-state index is 13.4. The minimum Gasteiger partial charge on any atom is -0.491 e. The molecule has 0 bridgehead atoms. The van der Waals surface area contributed by atoms with Gasteiger partial charge in [0.2, 0.25) is 0 Å². The van der Waals surface area contributed by atoms with Crippen LogP contribution in [-0.4, -0.2) is 47.4 Å². The molecule has 1 aromatic carbocycles. The number of nitrogens with zero attached hydrogens (tertiary/aromatic N) is 2. The highest BCUT2D eigenvalue weighted by atomic mass is 16.5. The van der Waals surface area contributed by atoms with E-state index in [0.717, 1.165) is 50.1 Å². The van der Waals surface area contributed by atoms with E-state index < -0.39 is 0 Å². The van der Waals surface area contributed by atoms with Crippen LogP contribution in [0.5, 0.6) is 5.75 Å².